The Morgan fingerprint density at radius 1 is 1.19 bits per heavy atom. The summed E-state index contributed by atoms with van der Waals surface area (Å²) < 4.78 is 30.9. The summed E-state index contributed by atoms with van der Waals surface area (Å²) in [7, 11) is -3.58. The maximum Gasteiger partial charge on any atom is 0.232 e. The second kappa shape index (κ2) is 7.20. The lowest BCUT2D eigenvalue weighted by atomic mass is 10.1. The van der Waals surface area contributed by atoms with E-state index in [0.717, 1.165) is 11.8 Å². The number of halogens is 1. The van der Waals surface area contributed by atoms with Crippen molar-refractivity contribution in [2.24, 2.45) is 0 Å². The van der Waals surface area contributed by atoms with Crippen molar-refractivity contribution in [3.8, 4) is 17.3 Å². The van der Waals surface area contributed by atoms with Gasteiger partial charge in [-0.25, -0.2) is 8.42 Å². The molecule has 0 unspecified atom stereocenters. The largest absolute Gasteiger partial charge is 0.359 e. The third kappa shape index (κ3) is 4.04. The van der Waals surface area contributed by atoms with Crippen LogP contribution in [0, 0.1) is 11.3 Å². The monoisotopic (exact) mass is 387 g/mol. The molecule has 3 aromatic rings. The number of rotatable bonds is 5. The Labute approximate surface area is 156 Å². The molecule has 132 valence electrons. The number of nitriles is 1. The first-order valence-electron chi connectivity index (χ1n) is 7.56. The van der Waals surface area contributed by atoms with Gasteiger partial charge in [0, 0.05) is 16.7 Å². The molecule has 0 fully saturated rings. The zero-order valence-corrected chi connectivity index (χ0v) is 15.3. The zero-order valence-electron chi connectivity index (χ0n) is 13.8. The SMILES string of the molecule is CS(=O)(=O)N(Cc1cc(-c2ccc(Cl)cc2)no1)c1cccc(C#N)c1. The molecule has 26 heavy (non-hydrogen) atoms. The number of hydrogen-bond donors (Lipinski definition) is 0. The van der Waals surface area contributed by atoms with Gasteiger partial charge in [-0.05, 0) is 30.3 Å². The van der Waals surface area contributed by atoms with E-state index in [1.807, 2.05) is 6.07 Å². The maximum atomic E-state index is 12.2. The first kappa shape index (κ1) is 18.0. The molecular formula is C18H14ClN3O3S. The molecular weight excluding hydrogens is 374 g/mol. The highest BCUT2D eigenvalue weighted by Crippen LogP contribution is 2.25. The summed E-state index contributed by atoms with van der Waals surface area (Å²) >= 11 is 5.88. The Balaban J connectivity index is 1.91. The van der Waals surface area contributed by atoms with Gasteiger partial charge in [-0.2, -0.15) is 5.26 Å². The Bertz CT molecular complexity index is 1070. The van der Waals surface area contributed by atoms with Crippen LogP contribution in [-0.2, 0) is 16.6 Å². The van der Waals surface area contributed by atoms with Gasteiger partial charge in [0.1, 0.15) is 5.69 Å². The van der Waals surface area contributed by atoms with Crippen LogP contribution in [0.3, 0.4) is 0 Å². The van der Waals surface area contributed by atoms with Gasteiger partial charge in [-0.15, -0.1) is 0 Å². The molecule has 1 aromatic heterocycles. The highest BCUT2D eigenvalue weighted by atomic mass is 35.5. The lowest BCUT2D eigenvalue weighted by Gasteiger charge is -2.21. The maximum absolute atomic E-state index is 12.2. The van der Waals surface area contributed by atoms with Gasteiger partial charge in [0.05, 0.1) is 30.1 Å². The minimum absolute atomic E-state index is 0.0334. The van der Waals surface area contributed by atoms with Crippen molar-refractivity contribution < 1.29 is 12.9 Å². The summed E-state index contributed by atoms with van der Waals surface area (Å²) in [6.07, 6.45) is 1.10. The van der Waals surface area contributed by atoms with Crippen LogP contribution in [0.25, 0.3) is 11.3 Å². The topological polar surface area (TPSA) is 87.2 Å². The van der Waals surface area contributed by atoms with Crippen molar-refractivity contribution in [1.29, 1.82) is 5.26 Å². The predicted molar refractivity (Wildman–Crippen MR) is 99.1 cm³/mol. The summed E-state index contributed by atoms with van der Waals surface area (Å²) in [6, 6.07) is 17.1. The lowest BCUT2D eigenvalue weighted by molar-refractivity contribution is 0.387. The molecule has 0 spiro atoms. The van der Waals surface area contributed by atoms with E-state index >= 15 is 0 Å². The molecule has 0 bridgehead atoms. The standard InChI is InChI=1S/C18H14ClN3O3S/c1-26(23,24)22(16-4-2-3-13(9-16)11-20)12-17-10-18(21-25-17)14-5-7-15(19)8-6-14/h2-10H,12H2,1H3. The first-order valence-corrected chi connectivity index (χ1v) is 9.79. The van der Waals surface area contributed by atoms with E-state index in [1.165, 1.54) is 10.4 Å². The van der Waals surface area contributed by atoms with Crippen LogP contribution in [0.2, 0.25) is 5.02 Å². The highest BCUT2D eigenvalue weighted by Gasteiger charge is 2.21. The van der Waals surface area contributed by atoms with Crippen LogP contribution >= 0.6 is 11.6 Å². The van der Waals surface area contributed by atoms with E-state index in [9.17, 15) is 8.42 Å². The van der Waals surface area contributed by atoms with Crippen molar-refractivity contribution >= 4 is 27.3 Å². The molecule has 0 aliphatic rings. The highest BCUT2D eigenvalue weighted by molar-refractivity contribution is 7.92. The number of nitrogens with zero attached hydrogens (tertiary/aromatic N) is 3. The zero-order chi connectivity index (χ0) is 18.7. The third-order valence-corrected chi connectivity index (χ3v) is 5.05. The molecule has 8 heteroatoms. The van der Waals surface area contributed by atoms with E-state index in [1.54, 1.807) is 48.5 Å². The molecule has 0 atom stereocenters. The fourth-order valence-electron chi connectivity index (χ4n) is 2.42. The van der Waals surface area contributed by atoms with Gasteiger partial charge < -0.3 is 4.52 Å². The van der Waals surface area contributed by atoms with Gasteiger partial charge in [0.25, 0.3) is 0 Å². The number of anilines is 1. The van der Waals surface area contributed by atoms with E-state index < -0.39 is 10.0 Å². The summed E-state index contributed by atoms with van der Waals surface area (Å²) in [5.74, 6) is 0.378. The van der Waals surface area contributed by atoms with Gasteiger partial charge in [0.15, 0.2) is 5.76 Å². The Hall–Kier alpha value is -2.82. The summed E-state index contributed by atoms with van der Waals surface area (Å²) in [5, 5.41) is 13.6. The van der Waals surface area contributed by atoms with Crippen LogP contribution < -0.4 is 4.31 Å². The molecule has 0 saturated heterocycles. The number of aromatic nitrogens is 1. The molecule has 0 saturated carbocycles. The molecule has 3 rings (SSSR count). The second-order valence-corrected chi connectivity index (χ2v) is 7.96. The normalized spacial score (nSPS) is 11.1. The van der Waals surface area contributed by atoms with E-state index in [0.29, 0.717) is 27.7 Å². The van der Waals surface area contributed by atoms with Gasteiger partial charge >= 0.3 is 0 Å². The van der Waals surface area contributed by atoms with Crippen molar-refractivity contribution in [1.82, 2.24) is 5.16 Å². The fraction of sp³-hybridized carbons (Fsp3) is 0.111. The van der Waals surface area contributed by atoms with Crippen LogP contribution in [0.1, 0.15) is 11.3 Å². The fourth-order valence-corrected chi connectivity index (χ4v) is 3.40. The molecule has 0 N–H and O–H groups in total. The molecule has 0 radical (unpaired) electrons. The molecule has 0 aliphatic heterocycles. The van der Waals surface area contributed by atoms with E-state index in [-0.39, 0.29) is 6.54 Å². The molecule has 1 heterocycles. The quantitative estimate of drug-likeness (QED) is 0.663. The first-order chi connectivity index (χ1) is 12.4. The molecule has 2 aromatic carbocycles. The van der Waals surface area contributed by atoms with Crippen LogP contribution in [0.15, 0.2) is 59.1 Å². The minimum Gasteiger partial charge on any atom is -0.359 e. The number of benzene rings is 2. The van der Waals surface area contributed by atoms with Crippen LogP contribution in [-0.4, -0.2) is 19.8 Å². The van der Waals surface area contributed by atoms with Crippen LogP contribution in [0.4, 0.5) is 5.69 Å². The van der Waals surface area contributed by atoms with Crippen molar-refractivity contribution in [3.63, 3.8) is 0 Å². The van der Waals surface area contributed by atoms with Gasteiger partial charge in [0.2, 0.25) is 10.0 Å². The average molecular weight is 388 g/mol. The Kier molecular flexibility index (Phi) is 4.98. The summed E-state index contributed by atoms with van der Waals surface area (Å²) in [5.41, 5.74) is 2.14. The Morgan fingerprint density at radius 2 is 1.92 bits per heavy atom. The van der Waals surface area contributed by atoms with Crippen molar-refractivity contribution in [2.45, 2.75) is 6.54 Å². The molecule has 0 aliphatic carbocycles. The minimum atomic E-state index is -3.58. The predicted octanol–water partition coefficient (Wildman–Crippen LogP) is 3.83. The smallest absolute Gasteiger partial charge is 0.232 e. The van der Waals surface area contributed by atoms with Crippen molar-refractivity contribution in [3.05, 3.63) is 70.9 Å². The van der Waals surface area contributed by atoms with Gasteiger partial charge in [-0.3, -0.25) is 4.31 Å². The second-order valence-electron chi connectivity index (χ2n) is 5.62. The Morgan fingerprint density at radius 3 is 2.58 bits per heavy atom. The van der Waals surface area contributed by atoms with Crippen LogP contribution in [0.5, 0.6) is 0 Å². The number of hydrogen-bond acceptors (Lipinski definition) is 5. The van der Waals surface area contributed by atoms with Gasteiger partial charge in [-0.1, -0.05) is 35.0 Å². The van der Waals surface area contributed by atoms with E-state index in [2.05, 4.69) is 5.16 Å². The molecule has 6 nitrogen and oxygen atoms in total. The lowest BCUT2D eigenvalue weighted by Crippen LogP contribution is -2.29. The van der Waals surface area contributed by atoms with E-state index in [4.69, 9.17) is 21.4 Å². The van der Waals surface area contributed by atoms with Crippen molar-refractivity contribution in [2.75, 3.05) is 10.6 Å². The average Bonchev–Trinajstić information content (AvgIpc) is 3.08. The molecule has 0 amide bonds. The number of sulfonamides is 1. The summed E-state index contributed by atoms with van der Waals surface area (Å²) in [6.45, 7) is -0.0334. The summed E-state index contributed by atoms with van der Waals surface area (Å²) in [4.78, 5) is 0. The third-order valence-electron chi connectivity index (χ3n) is 3.66.